The monoisotopic (exact) mass is 336 g/mol. The van der Waals surface area contributed by atoms with Crippen molar-refractivity contribution in [3.8, 4) is 0 Å². The summed E-state index contributed by atoms with van der Waals surface area (Å²) in [4.78, 5) is 16.4. The lowest BCUT2D eigenvalue weighted by Crippen LogP contribution is -2.20. The molecule has 1 aliphatic rings. The van der Waals surface area contributed by atoms with Gasteiger partial charge in [0, 0.05) is 43.2 Å². The van der Waals surface area contributed by atoms with Gasteiger partial charge in [0.15, 0.2) is 5.58 Å². The fourth-order valence-electron chi connectivity index (χ4n) is 3.10. The molecule has 23 heavy (non-hydrogen) atoms. The fraction of sp³-hybridized carbons (Fsp3) is 0.471. The number of halogens is 1. The van der Waals surface area contributed by atoms with E-state index in [-0.39, 0.29) is 0 Å². The Kier molecular flexibility index (Phi) is 4.25. The predicted molar refractivity (Wildman–Crippen MR) is 91.5 cm³/mol. The van der Waals surface area contributed by atoms with Crippen molar-refractivity contribution in [1.82, 2.24) is 4.90 Å². The maximum Gasteiger partial charge on any atom is 0.374 e. The molecule has 1 aromatic carbocycles. The van der Waals surface area contributed by atoms with Crippen molar-refractivity contribution in [3.63, 3.8) is 0 Å². The Morgan fingerprint density at radius 1 is 1.43 bits per heavy atom. The lowest BCUT2D eigenvalue weighted by Gasteiger charge is -2.16. The largest absolute Gasteiger partial charge is 0.460 e. The lowest BCUT2D eigenvalue weighted by atomic mass is 10.0. The number of carbonyl (C=O) groups excluding carboxylic acids is 1. The van der Waals surface area contributed by atoms with Gasteiger partial charge in [-0.15, -0.1) is 0 Å². The van der Waals surface area contributed by atoms with Gasteiger partial charge in [-0.05, 0) is 32.0 Å². The smallest absolute Gasteiger partial charge is 0.374 e. The van der Waals surface area contributed by atoms with E-state index in [1.165, 1.54) is 0 Å². The molecule has 0 aliphatic carbocycles. The van der Waals surface area contributed by atoms with Crippen LogP contribution in [0.2, 0.25) is 5.02 Å². The summed E-state index contributed by atoms with van der Waals surface area (Å²) < 4.78 is 11.1. The number of nitrogens with zero attached hydrogens (tertiary/aromatic N) is 2. The van der Waals surface area contributed by atoms with E-state index in [0.29, 0.717) is 29.5 Å². The minimum absolute atomic E-state index is 0.294. The Balaban J connectivity index is 2.34. The van der Waals surface area contributed by atoms with Crippen LogP contribution in [0.4, 0.5) is 5.69 Å². The number of hydrogen-bond donors (Lipinski definition) is 0. The molecule has 0 atom stereocenters. The molecule has 0 saturated carbocycles. The van der Waals surface area contributed by atoms with Crippen molar-refractivity contribution in [2.45, 2.75) is 19.9 Å². The van der Waals surface area contributed by atoms with E-state index in [1.54, 1.807) is 6.92 Å². The molecule has 124 valence electrons. The van der Waals surface area contributed by atoms with Crippen LogP contribution in [0.15, 0.2) is 10.5 Å². The summed E-state index contributed by atoms with van der Waals surface area (Å²) in [6.45, 7) is 3.63. The van der Waals surface area contributed by atoms with Crippen LogP contribution in [-0.4, -0.2) is 45.2 Å². The molecular formula is C17H21ClN2O3. The fourth-order valence-corrected chi connectivity index (χ4v) is 3.39. The van der Waals surface area contributed by atoms with Gasteiger partial charge in [-0.2, -0.15) is 0 Å². The second-order valence-corrected chi connectivity index (χ2v) is 6.48. The van der Waals surface area contributed by atoms with E-state index in [2.05, 4.69) is 4.90 Å². The third-order valence-electron chi connectivity index (χ3n) is 4.21. The average molecular weight is 337 g/mol. The molecule has 0 radical (unpaired) electrons. The Bertz CT molecular complexity index is 767. The molecule has 2 heterocycles. The first kappa shape index (κ1) is 16.1. The number of anilines is 1. The van der Waals surface area contributed by atoms with Gasteiger partial charge >= 0.3 is 5.97 Å². The number of likely N-dealkylation sites (N-methyl/N-ethyl adjacent to an activating group) is 1. The van der Waals surface area contributed by atoms with E-state index in [1.807, 2.05) is 32.1 Å². The molecule has 0 unspecified atom stereocenters. The van der Waals surface area contributed by atoms with Gasteiger partial charge in [0.25, 0.3) is 0 Å². The van der Waals surface area contributed by atoms with Crippen LogP contribution in [0, 0.1) is 0 Å². The number of benzene rings is 1. The molecule has 0 bridgehead atoms. The molecule has 2 aromatic rings. The quantitative estimate of drug-likeness (QED) is 0.805. The van der Waals surface area contributed by atoms with Gasteiger partial charge in [-0.3, -0.25) is 0 Å². The van der Waals surface area contributed by atoms with E-state index >= 15 is 0 Å². The summed E-state index contributed by atoms with van der Waals surface area (Å²) in [6.07, 6.45) is 0.828. The Morgan fingerprint density at radius 3 is 2.83 bits per heavy atom. The molecule has 6 heteroatoms. The van der Waals surface area contributed by atoms with Gasteiger partial charge < -0.3 is 19.0 Å². The highest BCUT2D eigenvalue weighted by atomic mass is 35.5. The number of esters is 1. The van der Waals surface area contributed by atoms with Crippen LogP contribution in [0.25, 0.3) is 11.0 Å². The van der Waals surface area contributed by atoms with Gasteiger partial charge in [-0.1, -0.05) is 11.6 Å². The molecule has 0 spiro atoms. The number of ether oxygens (including phenoxy) is 1. The SMILES string of the molecule is CCOC(=O)c1oc2c(N(C)C)cc(Cl)c3c2c1CN(C)CC3. The molecule has 0 saturated heterocycles. The number of furan rings is 1. The molecular weight excluding hydrogens is 316 g/mol. The van der Waals surface area contributed by atoms with E-state index in [4.69, 9.17) is 20.8 Å². The highest BCUT2D eigenvalue weighted by Crippen LogP contribution is 2.41. The van der Waals surface area contributed by atoms with Crippen LogP contribution in [0.5, 0.6) is 0 Å². The zero-order valence-electron chi connectivity index (χ0n) is 13.9. The summed E-state index contributed by atoms with van der Waals surface area (Å²) in [6, 6.07) is 1.91. The second-order valence-electron chi connectivity index (χ2n) is 6.07. The zero-order chi connectivity index (χ0) is 16.7. The first-order chi connectivity index (χ1) is 10.9. The molecule has 3 rings (SSSR count). The maximum atomic E-state index is 12.3. The summed E-state index contributed by atoms with van der Waals surface area (Å²) in [5.41, 5.74) is 3.50. The molecule has 0 amide bonds. The molecule has 0 fully saturated rings. The van der Waals surface area contributed by atoms with Crippen molar-refractivity contribution in [3.05, 3.63) is 28.0 Å². The van der Waals surface area contributed by atoms with Crippen molar-refractivity contribution in [2.24, 2.45) is 0 Å². The summed E-state index contributed by atoms with van der Waals surface area (Å²) >= 11 is 6.53. The predicted octanol–water partition coefficient (Wildman–Crippen LogP) is 3.32. The van der Waals surface area contributed by atoms with Crippen LogP contribution >= 0.6 is 11.6 Å². The Hall–Kier alpha value is -1.72. The topological polar surface area (TPSA) is 45.9 Å². The first-order valence-electron chi connectivity index (χ1n) is 7.73. The highest BCUT2D eigenvalue weighted by molar-refractivity contribution is 6.33. The third-order valence-corrected chi connectivity index (χ3v) is 4.54. The van der Waals surface area contributed by atoms with E-state index in [9.17, 15) is 4.79 Å². The minimum Gasteiger partial charge on any atom is -0.460 e. The Morgan fingerprint density at radius 2 is 2.17 bits per heavy atom. The molecule has 1 aromatic heterocycles. The van der Waals surface area contributed by atoms with Crippen LogP contribution in [0.1, 0.15) is 28.6 Å². The zero-order valence-corrected chi connectivity index (χ0v) is 14.7. The third kappa shape index (κ3) is 2.68. The van der Waals surface area contributed by atoms with Crippen molar-refractivity contribution in [2.75, 3.05) is 39.2 Å². The van der Waals surface area contributed by atoms with Crippen LogP contribution in [-0.2, 0) is 17.7 Å². The normalized spacial score (nSPS) is 14.8. The highest BCUT2D eigenvalue weighted by Gasteiger charge is 2.29. The molecule has 5 nitrogen and oxygen atoms in total. The van der Waals surface area contributed by atoms with Gasteiger partial charge in [0.1, 0.15) is 0 Å². The summed E-state index contributed by atoms with van der Waals surface area (Å²) in [5, 5.41) is 1.68. The van der Waals surface area contributed by atoms with Gasteiger partial charge in [0.2, 0.25) is 5.76 Å². The number of hydrogen-bond acceptors (Lipinski definition) is 5. The summed E-state index contributed by atoms with van der Waals surface area (Å²) in [7, 11) is 5.89. The number of rotatable bonds is 3. The molecule has 1 aliphatic heterocycles. The van der Waals surface area contributed by atoms with Gasteiger partial charge in [0.05, 0.1) is 12.3 Å². The van der Waals surface area contributed by atoms with E-state index < -0.39 is 5.97 Å². The first-order valence-corrected chi connectivity index (χ1v) is 8.11. The van der Waals surface area contributed by atoms with Crippen molar-refractivity contribution in [1.29, 1.82) is 0 Å². The van der Waals surface area contributed by atoms with E-state index in [0.717, 1.165) is 35.2 Å². The average Bonchev–Trinajstić information content (AvgIpc) is 2.75. The summed E-state index contributed by atoms with van der Waals surface area (Å²) in [5.74, 6) is -0.122. The van der Waals surface area contributed by atoms with Crippen LogP contribution < -0.4 is 4.90 Å². The van der Waals surface area contributed by atoms with Crippen molar-refractivity contribution >= 4 is 34.2 Å². The second kappa shape index (κ2) is 6.06. The lowest BCUT2D eigenvalue weighted by molar-refractivity contribution is 0.0490. The maximum absolute atomic E-state index is 12.3. The van der Waals surface area contributed by atoms with Crippen LogP contribution in [0.3, 0.4) is 0 Å². The molecule has 0 N–H and O–H groups in total. The minimum atomic E-state index is -0.416. The standard InChI is InChI=1S/C17H21ClN2O3/c1-5-22-17(21)15-11-9-20(4)7-6-10-12(18)8-13(19(2)3)16(23-15)14(10)11/h8H,5-7,9H2,1-4H3. The Labute approximate surface area is 140 Å². The number of carbonyl (C=O) groups is 1. The van der Waals surface area contributed by atoms with Gasteiger partial charge in [-0.25, -0.2) is 4.79 Å². The van der Waals surface area contributed by atoms with Crippen molar-refractivity contribution < 1.29 is 13.9 Å².